The molecule has 0 aliphatic carbocycles. The molecule has 1 aliphatic heterocycles. The Hall–Kier alpha value is -2.48. The van der Waals surface area contributed by atoms with Crippen molar-refractivity contribution >= 4 is 11.6 Å². The molecule has 174 valence electrons. The summed E-state index contributed by atoms with van der Waals surface area (Å²) in [6.45, 7) is 1.66. The number of halogens is 5. The van der Waals surface area contributed by atoms with Gasteiger partial charge < -0.3 is 10.1 Å². The molecule has 3 nitrogen and oxygen atoms in total. The van der Waals surface area contributed by atoms with Gasteiger partial charge >= 0.3 is 6.18 Å². The van der Waals surface area contributed by atoms with Gasteiger partial charge in [0.25, 0.3) is 0 Å². The number of ether oxygens (including phenoxy) is 1. The maximum absolute atomic E-state index is 14.6. The molecule has 8 heteroatoms. The van der Waals surface area contributed by atoms with E-state index in [9.17, 15) is 17.6 Å². The van der Waals surface area contributed by atoms with E-state index in [0.29, 0.717) is 36.5 Å². The number of benzene rings is 2. The van der Waals surface area contributed by atoms with Crippen LogP contribution in [0.25, 0.3) is 0 Å². The Kier molecular flexibility index (Phi) is 7.02. The van der Waals surface area contributed by atoms with Crippen LogP contribution < -0.4 is 5.32 Å². The van der Waals surface area contributed by atoms with Gasteiger partial charge in [-0.2, -0.15) is 13.2 Å². The van der Waals surface area contributed by atoms with Crippen LogP contribution in [0.5, 0.6) is 0 Å². The number of nitrogens with one attached hydrogen (secondary N) is 1. The third-order valence-electron chi connectivity index (χ3n) is 5.91. The minimum Gasteiger partial charge on any atom is -0.381 e. The Morgan fingerprint density at radius 1 is 1.03 bits per heavy atom. The van der Waals surface area contributed by atoms with Gasteiger partial charge in [-0.1, -0.05) is 41.9 Å². The fraction of sp³-hybridized carbons (Fsp3) is 0.320. The van der Waals surface area contributed by atoms with Crippen LogP contribution in [-0.2, 0) is 22.9 Å². The second kappa shape index (κ2) is 9.79. The standard InChI is InChI=1S/C25H23ClF4N2O/c26-21-6-7-23(31-15-21)24(13-17-4-2-1-3-5-17,32-14-18-8-9-33-16-18)19-10-20(25(28,29)30)12-22(27)11-19/h1-7,10-12,15,18,32H,8-9,13-14,16H2. The van der Waals surface area contributed by atoms with E-state index >= 15 is 0 Å². The molecule has 1 saturated heterocycles. The lowest BCUT2D eigenvalue weighted by Crippen LogP contribution is -2.48. The molecule has 0 saturated carbocycles. The van der Waals surface area contributed by atoms with Gasteiger partial charge in [-0.25, -0.2) is 4.39 Å². The van der Waals surface area contributed by atoms with Crippen LogP contribution in [0.2, 0.25) is 5.02 Å². The van der Waals surface area contributed by atoms with Crippen LogP contribution in [-0.4, -0.2) is 24.7 Å². The molecule has 0 radical (unpaired) electrons. The predicted molar refractivity (Wildman–Crippen MR) is 119 cm³/mol. The summed E-state index contributed by atoms with van der Waals surface area (Å²) in [5.41, 5.74) is -0.811. The number of rotatable bonds is 7. The van der Waals surface area contributed by atoms with E-state index in [1.165, 1.54) is 6.20 Å². The molecule has 1 aromatic heterocycles. The minimum atomic E-state index is -4.69. The average Bonchev–Trinajstić information content (AvgIpc) is 3.31. The van der Waals surface area contributed by atoms with Gasteiger partial charge in [0.2, 0.25) is 0 Å². The van der Waals surface area contributed by atoms with E-state index in [1.54, 1.807) is 12.1 Å². The summed E-state index contributed by atoms with van der Waals surface area (Å²) in [7, 11) is 0. The van der Waals surface area contributed by atoms with Crippen LogP contribution in [0.4, 0.5) is 17.6 Å². The monoisotopic (exact) mass is 478 g/mol. The Balaban J connectivity index is 1.89. The van der Waals surface area contributed by atoms with Crippen molar-refractivity contribution in [2.45, 2.75) is 24.6 Å². The zero-order chi connectivity index (χ0) is 23.5. The van der Waals surface area contributed by atoms with E-state index < -0.39 is 23.1 Å². The number of nitrogens with zero attached hydrogens (tertiary/aromatic N) is 1. The lowest BCUT2D eigenvalue weighted by molar-refractivity contribution is -0.137. The lowest BCUT2D eigenvalue weighted by atomic mass is 9.79. The molecule has 0 spiro atoms. The normalized spacial score (nSPS) is 18.3. The van der Waals surface area contributed by atoms with E-state index in [2.05, 4.69) is 10.3 Å². The fourth-order valence-electron chi connectivity index (χ4n) is 4.19. The van der Waals surface area contributed by atoms with Crippen molar-refractivity contribution in [3.8, 4) is 0 Å². The third-order valence-corrected chi connectivity index (χ3v) is 6.13. The SMILES string of the molecule is Fc1cc(C(F)(F)F)cc(C(Cc2ccccc2)(NCC2CCOC2)c2ccc(Cl)cn2)c1. The third kappa shape index (κ3) is 5.54. The van der Waals surface area contributed by atoms with Crippen molar-refractivity contribution in [2.24, 2.45) is 5.92 Å². The van der Waals surface area contributed by atoms with Gasteiger partial charge in [-0.05, 0) is 53.8 Å². The molecule has 0 bridgehead atoms. The van der Waals surface area contributed by atoms with Crippen LogP contribution in [0.1, 0.15) is 28.8 Å². The van der Waals surface area contributed by atoms with Gasteiger partial charge in [0.15, 0.2) is 0 Å². The van der Waals surface area contributed by atoms with Crippen LogP contribution in [0, 0.1) is 11.7 Å². The summed E-state index contributed by atoms with van der Waals surface area (Å²) in [5, 5.41) is 3.86. The first kappa shape index (κ1) is 23.7. The molecule has 3 aromatic rings. The van der Waals surface area contributed by atoms with Crippen LogP contribution >= 0.6 is 11.6 Å². The van der Waals surface area contributed by atoms with Gasteiger partial charge in [0.1, 0.15) is 5.82 Å². The minimum absolute atomic E-state index is 0.146. The van der Waals surface area contributed by atoms with E-state index in [4.69, 9.17) is 16.3 Å². The number of aromatic nitrogens is 1. The van der Waals surface area contributed by atoms with Gasteiger partial charge in [0, 0.05) is 25.8 Å². The number of hydrogen-bond donors (Lipinski definition) is 1. The van der Waals surface area contributed by atoms with Crippen molar-refractivity contribution in [3.05, 3.63) is 100 Å². The molecule has 33 heavy (non-hydrogen) atoms. The first-order valence-electron chi connectivity index (χ1n) is 10.6. The summed E-state index contributed by atoms with van der Waals surface area (Å²) in [5.74, 6) is -0.777. The fourth-order valence-corrected chi connectivity index (χ4v) is 4.30. The average molecular weight is 479 g/mol. The second-order valence-corrected chi connectivity index (χ2v) is 8.70. The van der Waals surface area contributed by atoms with Crippen molar-refractivity contribution in [2.75, 3.05) is 19.8 Å². The van der Waals surface area contributed by atoms with Crippen LogP contribution in [0.15, 0.2) is 66.9 Å². The number of alkyl halides is 3. The topological polar surface area (TPSA) is 34.1 Å². The molecule has 4 rings (SSSR count). The second-order valence-electron chi connectivity index (χ2n) is 8.27. The molecule has 1 N–H and O–H groups in total. The Morgan fingerprint density at radius 2 is 1.79 bits per heavy atom. The molecule has 2 unspecified atom stereocenters. The van der Waals surface area contributed by atoms with E-state index in [0.717, 1.165) is 24.1 Å². The first-order chi connectivity index (χ1) is 15.8. The zero-order valence-electron chi connectivity index (χ0n) is 17.7. The smallest absolute Gasteiger partial charge is 0.381 e. The number of hydrogen-bond acceptors (Lipinski definition) is 3. The highest BCUT2D eigenvalue weighted by molar-refractivity contribution is 6.30. The summed E-state index contributed by atoms with van der Waals surface area (Å²) >= 11 is 6.05. The van der Waals surface area contributed by atoms with Crippen molar-refractivity contribution in [3.63, 3.8) is 0 Å². The van der Waals surface area contributed by atoms with Gasteiger partial charge in [0.05, 0.1) is 28.4 Å². The molecule has 0 amide bonds. The highest BCUT2D eigenvalue weighted by atomic mass is 35.5. The molecule has 1 aliphatic rings. The Morgan fingerprint density at radius 3 is 2.42 bits per heavy atom. The summed E-state index contributed by atoms with van der Waals surface area (Å²) in [4.78, 5) is 4.46. The molecule has 2 atom stereocenters. The largest absolute Gasteiger partial charge is 0.416 e. The Bertz CT molecular complexity index is 1070. The molecule has 2 aromatic carbocycles. The lowest BCUT2D eigenvalue weighted by Gasteiger charge is -2.37. The van der Waals surface area contributed by atoms with Gasteiger partial charge in [-0.15, -0.1) is 0 Å². The first-order valence-corrected chi connectivity index (χ1v) is 11.0. The maximum atomic E-state index is 14.6. The quantitative estimate of drug-likeness (QED) is 0.422. The summed E-state index contributed by atoms with van der Waals surface area (Å²) in [6.07, 6.45) is -2.15. The van der Waals surface area contributed by atoms with Crippen molar-refractivity contribution < 1.29 is 22.3 Å². The Labute approximate surface area is 194 Å². The molecule has 1 fully saturated rings. The summed E-state index contributed by atoms with van der Waals surface area (Å²) < 4.78 is 60.9. The van der Waals surface area contributed by atoms with E-state index in [-0.39, 0.29) is 17.9 Å². The van der Waals surface area contributed by atoms with Crippen molar-refractivity contribution in [1.29, 1.82) is 0 Å². The zero-order valence-corrected chi connectivity index (χ0v) is 18.5. The van der Waals surface area contributed by atoms with Crippen LogP contribution in [0.3, 0.4) is 0 Å². The molecular weight excluding hydrogens is 456 g/mol. The highest BCUT2D eigenvalue weighted by Gasteiger charge is 2.40. The predicted octanol–water partition coefficient (Wildman–Crippen LogP) is 6.01. The number of pyridine rings is 1. The molecule has 2 heterocycles. The maximum Gasteiger partial charge on any atom is 0.416 e. The van der Waals surface area contributed by atoms with E-state index in [1.807, 2.05) is 30.3 Å². The highest BCUT2D eigenvalue weighted by Crippen LogP contribution is 2.38. The van der Waals surface area contributed by atoms with Crippen molar-refractivity contribution in [1.82, 2.24) is 10.3 Å². The summed E-state index contributed by atoms with van der Waals surface area (Å²) in [6, 6.07) is 15.3. The molecular formula is C25H23ClF4N2O. The van der Waals surface area contributed by atoms with Gasteiger partial charge in [-0.3, -0.25) is 4.98 Å².